The van der Waals surface area contributed by atoms with Gasteiger partial charge in [0.15, 0.2) is 0 Å². The Morgan fingerprint density at radius 3 is 2.45 bits per heavy atom. The smallest absolute Gasteiger partial charge is 0.269 e. The average molecular weight is 300 g/mol. The number of carbonyl (C=O) groups is 1. The van der Waals surface area contributed by atoms with Crippen molar-refractivity contribution in [3.05, 3.63) is 24.0 Å². The number of hydrogen-bond acceptors (Lipinski definition) is 5. The van der Waals surface area contributed by atoms with Crippen molar-refractivity contribution in [1.29, 1.82) is 0 Å². The maximum absolute atomic E-state index is 11.9. The fourth-order valence-electron chi connectivity index (χ4n) is 1.61. The zero-order chi connectivity index (χ0) is 15.4. The molecule has 1 rings (SSSR count). The molecule has 1 aromatic heterocycles. The van der Waals surface area contributed by atoms with Crippen LogP contribution < -0.4 is 15.4 Å². The van der Waals surface area contributed by atoms with Crippen LogP contribution in [0.15, 0.2) is 18.3 Å². The number of anilines is 1. The van der Waals surface area contributed by atoms with Crippen molar-refractivity contribution in [3.63, 3.8) is 0 Å². The first-order chi connectivity index (χ1) is 9.13. The number of pyridine rings is 1. The molecule has 0 saturated carbocycles. The number of amides is 1. The molecule has 0 unspecified atom stereocenters. The summed E-state index contributed by atoms with van der Waals surface area (Å²) in [6.45, 7) is 3.53. The summed E-state index contributed by atoms with van der Waals surface area (Å²) in [6.07, 6.45) is 2.63. The summed E-state index contributed by atoms with van der Waals surface area (Å²) >= 11 is 0. The highest BCUT2D eigenvalue weighted by atomic mass is 32.2. The van der Waals surface area contributed by atoms with Gasteiger partial charge in [-0.25, -0.2) is 18.1 Å². The van der Waals surface area contributed by atoms with E-state index in [4.69, 9.17) is 0 Å². The molecule has 7 nitrogen and oxygen atoms in total. The van der Waals surface area contributed by atoms with Crippen LogP contribution in [-0.2, 0) is 10.0 Å². The van der Waals surface area contributed by atoms with Crippen LogP contribution in [0.1, 0.15) is 24.3 Å². The summed E-state index contributed by atoms with van der Waals surface area (Å²) in [7, 11) is -1.57. The summed E-state index contributed by atoms with van der Waals surface area (Å²) in [6, 6.07) is 3.33. The van der Waals surface area contributed by atoms with E-state index >= 15 is 0 Å². The Morgan fingerprint density at radius 2 is 2.00 bits per heavy atom. The lowest BCUT2D eigenvalue weighted by molar-refractivity contribution is 0.0939. The monoisotopic (exact) mass is 300 g/mol. The molecule has 1 aromatic rings. The number of nitrogens with zero attached hydrogens (tertiary/aromatic N) is 1. The lowest BCUT2D eigenvalue weighted by Crippen LogP contribution is -2.51. The topological polar surface area (TPSA) is 100 Å². The van der Waals surface area contributed by atoms with E-state index in [1.165, 1.54) is 0 Å². The van der Waals surface area contributed by atoms with Crippen molar-refractivity contribution in [3.8, 4) is 0 Å². The van der Waals surface area contributed by atoms with Crippen molar-refractivity contribution < 1.29 is 13.2 Å². The van der Waals surface area contributed by atoms with Crippen molar-refractivity contribution in [2.45, 2.75) is 19.4 Å². The zero-order valence-corrected chi connectivity index (χ0v) is 12.8. The van der Waals surface area contributed by atoms with Gasteiger partial charge in [0.25, 0.3) is 5.91 Å². The average Bonchev–Trinajstić information content (AvgIpc) is 2.33. The van der Waals surface area contributed by atoms with E-state index in [0.29, 0.717) is 0 Å². The van der Waals surface area contributed by atoms with Gasteiger partial charge >= 0.3 is 0 Å². The molecule has 0 aliphatic heterocycles. The van der Waals surface area contributed by atoms with Gasteiger partial charge < -0.3 is 10.6 Å². The highest BCUT2D eigenvalue weighted by molar-refractivity contribution is 7.88. The second-order valence-electron chi connectivity index (χ2n) is 5.12. The first kappa shape index (κ1) is 16.4. The van der Waals surface area contributed by atoms with Crippen LogP contribution in [-0.4, -0.2) is 44.7 Å². The van der Waals surface area contributed by atoms with E-state index < -0.39 is 15.6 Å². The van der Waals surface area contributed by atoms with Crippen LogP contribution in [0, 0.1) is 0 Å². The number of aromatic nitrogens is 1. The van der Waals surface area contributed by atoms with Crippen LogP contribution in [0.4, 0.5) is 5.69 Å². The molecular weight excluding hydrogens is 280 g/mol. The third-order valence-corrected chi connectivity index (χ3v) is 3.36. The molecule has 0 spiro atoms. The molecule has 8 heteroatoms. The highest BCUT2D eigenvalue weighted by Gasteiger charge is 2.23. The van der Waals surface area contributed by atoms with Gasteiger partial charge in [-0.15, -0.1) is 0 Å². The summed E-state index contributed by atoms with van der Waals surface area (Å²) in [5.74, 6) is -0.351. The van der Waals surface area contributed by atoms with Crippen molar-refractivity contribution in [2.24, 2.45) is 0 Å². The van der Waals surface area contributed by atoms with Gasteiger partial charge in [-0.2, -0.15) is 0 Å². The Morgan fingerprint density at radius 1 is 1.35 bits per heavy atom. The molecule has 0 saturated heterocycles. The summed E-state index contributed by atoms with van der Waals surface area (Å²) < 4.78 is 24.8. The minimum absolute atomic E-state index is 0.161. The first-order valence-corrected chi connectivity index (χ1v) is 7.93. The third kappa shape index (κ3) is 5.54. The van der Waals surface area contributed by atoms with Crippen LogP contribution in [0.5, 0.6) is 0 Å². The molecule has 20 heavy (non-hydrogen) atoms. The van der Waals surface area contributed by atoms with E-state index in [2.05, 4.69) is 20.3 Å². The fraction of sp³-hybridized carbons (Fsp3) is 0.500. The van der Waals surface area contributed by atoms with E-state index in [9.17, 15) is 13.2 Å². The molecule has 0 aromatic carbocycles. The van der Waals surface area contributed by atoms with Gasteiger partial charge in [-0.3, -0.25) is 4.79 Å². The molecule has 0 fully saturated rings. The molecule has 0 aliphatic carbocycles. The molecule has 1 heterocycles. The minimum atomic E-state index is -3.33. The number of carbonyl (C=O) groups excluding carboxylic acids is 1. The molecule has 0 atom stereocenters. The molecule has 0 aliphatic rings. The largest absolute Gasteiger partial charge is 0.387 e. The van der Waals surface area contributed by atoms with Gasteiger partial charge in [-0.05, 0) is 26.0 Å². The van der Waals surface area contributed by atoms with E-state index in [1.54, 1.807) is 39.2 Å². The predicted molar refractivity (Wildman–Crippen MR) is 78.2 cm³/mol. The molecule has 0 radical (unpaired) electrons. The first-order valence-electron chi connectivity index (χ1n) is 6.04. The standard InChI is InChI=1S/C12H20N4O3S/c1-12(2,16-20(4,18)19)8-15-11(17)10-6-5-9(13-3)7-14-10/h5-7,13,16H,8H2,1-4H3,(H,15,17). The van der Waals surface area contributed by atoms with Crippen LogP contribution in [0.3, 0.4) is 0 Å². The number of rotatable bonds is 6. The van der Waals surface area contributed by atoms with E-state index in [-0.39, 0.29) is 18.1 Å². The SMILES string of the molecule is CNc1ccc(C(=O)NCC(C)(C)NS(C)(=O)=O)nc1. The predicted octanol–water partition coefficient (Wildman–Crippen LogP) is 0.181. The maximum atomic E-state index is 11.9. The normalized spacial score (nSPS) is 12.0. The Kier molecular flexibility index (Phi) is 5.07. The van der Waals surface area contributed by atoms with Crippen LogP contribution in [0.25, 0.3) is 0 Å². The Balaban J connectivity index is 2.62. The Bertz CT molecular complexity index is 567. The summed E-state index contributed by atoms with van der Waals surface area (Å²) in [5.41, 5.74) is 0.313. The van der Waals surface area contributed by atoms with Crippen molar-refractivity contribution >= 4 is 21.6 Å². The van der Waals surface area contributed by atoms with Crippen molar-refractivity contribution in [2.75, 3.05) is 25.2 Å². The molecule has 0 bridgehead atoms. The highest BCUT2D eigenvalue weighted by Crippen LogP contribution is 2.06. The van der Waals surface area contributed by atoms with Crippen LogP contribution in [0.2, 0.25) is 0 Å². The van der Waals surface area contributed by atoms with E-state index in [1.807, 2.05) is 0 Å². The lowest BCUT2D eigenvalue weighted by atomic mass is 10.1. The van der Waals surface area contributed by atoms with Gasteiger partial charge in [0.2, 0.25) is 10.0 Å². The minimum Gasteiger partial charge on any atom is -0.387 e. The Labute approximate surface area is 119 Å². The second kappa shape index (κ2) is 6.19. The van der Waals surface area contributed by atoms with Crippen LogP contribution >= 0.6 is 0 Å². The molecule has 1 amide bonds. The van der Waals surface area contributed by atoms with Crippen molar-refractivity contribution in [1.82, 2.24) is 15.0 Å². The summed E-state index contributed by atoms with van der Waals surface area (Å²) in [4.78, 5) is 15.9. The van der Waals surface area contributed by atoms with Gasteiger partial charge in [0.1, 0.15) is 5.69 Å². The Hall–Kier alpha value is -1.67. The van der Waals surface area contributed by atoms with E-state index in [0.717, 1.165) is 11.9 Å². The fourth-order valence-corrected chi connectivity index (χ4v) is 2.68. The van der Waals surface area contributed by atoms with Gasteiger partial charge in [-0.1, -0.05) is 0 Å². The lowest BCUT2D eigenvalue weighted by Gasteiger charge is -2.25. The molecule has 112 valence electrons. The zero-order valence-electron chi connectivity index (χ0n) is 12.0. The number of nitrogens with one attached hydrogen (secondary N) is 3. The van der Waals surface area contributed by atoms with Gasteiger partial charge in [0, 0.05) is 19.1 Å². The van der Waals surface area contributed by atoms with Gasteiger partial charge in [0.05, 0.1) is 18.1 Å². The molecule has 3 N–H and O–H groups in total. The summed E-state index contributed by atoms with van der Waals surface area (Å²) in [5, 5.41) is 5.55. The molecular formula is C12H20N4O3S. The quantitative estimate of drug-likeness (QED) is 0.696. The third-order valence-electron chi connectivity index (χ3n) is 2.44. The number of hydrogen-bond donors (Lipinski definition) is 3. The number of sulfonamides is 1. The maximum Gasteiger partial charge on any atom is 0.269 e. The second-order valence-corrected chi connectivity index (χ2v) is 6.87.